The standard InChI is InChI=1S/C18H26F3NO2S2/c1-2-3-4-5-6-7-8-9-12-24-22(26)17(23)14-10-11-15(16(25)13-14)18(19,20)21/h10-11,13,25-26H,2-9,12H2,1H3. The van der Waals surface area contributed by atoms with Gasteiger partial charge in [-0.1, -0.05) is 51.9 Å². The van der Waals surface area contributed by atoms with Crippen LogP contribution in [0.15, 0.2) is 23.1 Å². The highest BCUT2D eigenvalue weighted by atomic mass is 32.1. The predicted molar refractivity (Wildman–Crippen MR) is 102 cm³/mol. The summed E-state index contributed by atoms with van der Waals surface area (Å²) in [6.45, 7) is 2.52. The lowest BCUT2D eigenvalue weighted by Gasteiger charge is -2.16. The maximum atomic E-state index is 12.7. The molecule has 0 saturated heterocycles. The molecule has 0 aliphatic carbocycles. The third kappa shape index (κ3) is 8.22. The van der Waals surface area contributed by atoms with E-state index in [1.54, 1.807) is 0 Å². The minimum Gasteiger partial charge on any atom is -0.266 e. The zero-order valence-corrected chi connectivity index (χ0v) is 16.7. The number of hydrogen-bond donors (Lipinski definition) is 2. The fourth-order valence-corrected chi connectivity index (χ4v) is 3.00. The summed E-state index contributed by atoms with van der Waals surface area (Å²) in [4.78, 5) is 17.1. The molecule has 0 aliphatic heterocycles. The second kappa shape index (κ2) is 11.8. The molecule has 0 aromatic heterocycles. The molecule has 0 atom stereocenters. The summed E-state index contributed by atoms with van der Waals surface area (Å²) in [5, 5.41) is 0. The number of rotatable bonds is 11. The van der Waals surface area contributed by atoms with Gasteiger partial charge in [0.1, 0.15) is 0 Å². The van der Waals surface area contributed by atoms with Gasteiger partial charge in [0.2, 0.25) is 0 Å². The smallest absolute Gasteiger partial charge is 0.266 e. The van der Waals surface area contributed by atoms with Gasteiger partial charge in [-0.3, -0.25) is 9.63 Å². The first-order valence-corrected chi connectivity index (χ1v) is 9.68. The largest absolute Gasteiger partial charge is 0.417 e. The lowest BCUT2D eigenvalue weighted by molar-refractivity contribution is -0.139. The lowest BCUT2D eigenvalue weighted by atomic mass is 10.1. The Morgan fingerprint density at radius 3 is 2.19 bits per heavy atom. The summed E-state index contributed by atoms with van der Waals surface area (Å²) in [7, 11) is 0. The first kappa shape index (κ1) is 23.2. The average Bonchev–Trinajstić information content (AvgIpc) is 2.58. The van der Waals surface area contributed by atoms with Crippen LogP contribution in [0, 0.1) is 0 Å². The second-order valence-corrected chi connectivity index (χ2v) is 6.96. The monoisotopic (exact) mass is 409 g/mol. The highest BCUT2D eigenvalue weighted by Crippen LogP contribution is 2.34. The Bertz CT molecular complexity index is 568. The van der Waals surface area contributed by atoms with E-state index < -0.39 is 17.6 Å². The Hall–Kier alpha value is -0.860. The Morgan fingerprint density at radius 1 is 1.08 bits per heavy atom. The zero-order valence-electron chi connectivity index (χ0n) is 14.9. The van der Waals surface area contributed by atoms with Gasteiger partial charge in [-0.2, -0.15) is 17.6 Å². The third-order valence-corrected chi connectivity index (χ3v) is 4.60. The molecule has 0 radical (unpaired) electrons. The summed E-state index contributed by atoms with van der Waals surface area (Å²) in [5.74, 6) is -0.628. The molecule has 0 spiro atoms. The van der Waals surface area contributed by atoms with Gasteiger partial charge in [0.15, 0.2) is 0 Å². The molecular formula is C18H26F3NO2S2. The number of hydroxylamine groups is 1. The van der Waals surface area contributed by atoms with Crippen LogP contribution < -0.4 is 0 Å². The topological polar surface area (TPSA) is 29.5 Å². The van der Waals surface area contributed by atoms with E-state index in [9.17, 15) is 18.0 Å². The maximum Gasteiger partial charge on any atom is 0.417 e. The first-order chi connectivity index (χ1) is 12.3. The fraction of sp³-hybridized carbons (Fsp3) is 0.611. The summed E-state index contributed by atoms with van der Waals surface area (Å²) >= 11 is 7.76. The van der Waals surface area contributed by atoms with Crippen LogP contribution in [0.4, 0.5) is 13.2 Å². The van der Waals surface area contributed by atoms with Crippen molar-refractivity contribution in [1.82, 2.24) is 4.47 Å². The highest BCUT2D eigenvalue weighted by molar-refractivity contribution is 7.80. The van der Waals surface area contributed by atoms with Gasteiger partial charge in [-0.15, -0.1) is 12.6 Å². The number of alkyl halides is 3. The molecule has 1 aromatic carbocycles. The Balaban J connectivity index is 2.34. The maximum absolute atomic E-state index is 12.7. The van der Waals surface area contributed by atoms with Crippen LogP contribution in [0.2, 0.25) is 0 Å². The second-order valence-electron chi connectivity index (χ2n) is 6.12. The van der Waals surface area contributed by atoms with E-state index in [4.69, 9.17) is 4.84 Å². The van der Waals surface area contributed by atoms with E-state index in [-0.39, 0.29) is 10.5 Å². The van der Waals surface area contributed by atoms with Gasteiger partial charge in [-0.05, 0) is 37.4 Å². The number of carbonyl (C=O) groups excluding carboxylic acids is 1. The molecule has 0 aliphatic rings. The van der Waals surface area contributed by atoms with Gasteiger partial charge in [-0.25, -0.2) is 0 Å². The average molecular weight is 410 g/mol. The molecule has 1 aromatic rings. The predicted octanol–water partition coefficient (Wildman–Crippen LogP) is 6.35. The quantitative estimate of drug-likeness (QED) is 0.253. The minimum absolute atomic E-state index is 0.0360. The summed E-state index contributed by atoms with van der Waals surface area (Å²) in [6, 6.07) is 2.99. The molecule has 1 amide bonds. The van der Waals surface area contributed by atoms with Gasteiger partial charge in [0.25, 0.3) is 5.91 Å². The molecule has 148 valence electrons. The lowest BCUT2D eigenvalue weighted by Crippen LogP contribution is -2.23. The van der Waals surface area contributed by atoms with E-state index >= 15 is 0 Å². The minimum atomic E-state index is -4.51. The van der Waals surface area contributed by atoms with Crippen molar-refractivity contribution in [3.05, 3.63) is 29.3 Å². The number of hydrogen-bond acceptors (Lipinski definition) is 4. The van der Waals surface area contributed by atoms with Gasteiger partial charge >= 0.3 is 6.18 Å². The van der Waals surface area contributed by atoms with Crippen LogP contribution in [-0.4, -0.2) is 17.0 Å². The van der Waals surface area contributed by atoms with E-state index in [1.807, 2.05) is 0 Å². The summed E-state index contributed by atoms with van der Waals surface area (Å²) in [5.41, 5.74) is -0.850. The van der Waals surface area contributed by atoms with Crippen LogP contribution in [0.1, 0.15) is 74.2 Å². The van der Waals surface area contributed by atoms with E-state index in [0.29, 0.717) is 6.61 Å². The number of unbranched alkanes of at least 4 members (excludes halogenated alkanes) is 7. The van der Waals surface area contributed by atoms with Crippen LogP contribution in [0.25, 0.3) is 0 Å². The van der Waals surface area contributed by atoms with Crippen molar-refractivity contribution in [3.8, 4) is 0 Å². The third-order valence-electron chi connectivity index (χ3n) is 3.94. The number of benzene rings is 1. The van der Waals surface area contributed by atoms with Gasteiger partial charge in [0, 0.05) is 10.5 Å². The first-order valence-electron chi connectivity index (χ1n) is 8.83. The summed E-state index contributed by atoms with van der Waals surface area (Å²) < 4.78 is 38.9. The van der Waals surface area contributed by atoms with Crippen molar-refractivity contribution in [2.45, 2.75) is 69.4 Å². The molecule has 1 rings (SSSR count). The van der Waals surface area contributed by atoms with E-state index in [1.165, 1.54) is 32.1 Å². The fourth-order valence-electron chi connectivity index (χ4n) is 2.46. The van der Waals surface area contributed by atoms with E-state index in [2.05, 4.69) is 32.4 Å². The zero-order chi connectivity index (χ0) is 19.6. The van der Waals surface area contributed by atoms with E-state index in [0.717, 1.165) is 41.9 Å². The van der Waals surface area contributed by atoms with Crippen LogP contribution >= 0.6 is 25.4 Å². The Labute approximate surface area is 164 Å². The van der Waals surface area contributed by atoms with Gasteiger partial charge in [0.05, 0.1) is 12.2 Å². The number of carbonyl (C=O) groups is 1. The molecule has 0 fully saturated rings. The number of halogens is 3. The van der Waals surface area contributed by atoms with Crippen LogP contribution in [0.3, 0.4) is 0 Å². The molecule has 0 saturated carbocycles. The number of thiol groups is 2. The molecule has 0 unspecified atom stereocenters. The van der Waals surface area contributed by atoms with Crippen molar-refractivity contribution in [2.24, 2.45) is 0 Å². The normalized spacial score (nSPS) is 11.6. The Morgan fingerprint density at radius 2 is 1.65 bits per heavy atom. The van der Waals surface area contributed by atoms with Crippen LogP contribution in [0.5, 0.6) is 0 Å². The highest BCUT2D eigenvalue weighted by Gasteiger charge is 2.33. The molecule has 26 heavy (non-hydrogen) atoms. The Kier molecular flexibility index (Phi) is 10.5. The molecule has 0 N–H and O–H groups in total. The molecule has 3 nitrogen and oxygen atoms in total. The van der Waals surface area contributed by atoms with Crippen molar-refractivity contribution in [1.29, 1.82) is 0 Å². The molecule has 0 bridgehead atoms. The molecule has 0 heterocycles. The summed E-state index contributed by atoms with van der Waals surface area (Å²) in [6.07, 6.45) is 4.62. The molecular weight excluding hydrogens is 383 g/mol. The van der Waals surface area contributed by atoms with Crippen LogP contribution in [-0.2, 0) is 11.0 Å². The number of nitrogens with zero attached hydrogens (tertiary/aromatic N) is 1. The SMILES string of the molecule is CCCCCCCCCCON(S)C(=O)c1ccc(C(F)(F)F)c(S)c1. The van der Waals surface area contributed by atoms with Crippen molar-refractivity contribution < 1.29 is 22.8 Å². The molecule has 8 heteroatoms. The van der Waals surface area contributed by atoms with Crippen molar-refractivity contribution in [2.75, 3.05) is 6.61 Å². The van der Waals surface area contributed by atoms with Crippen molar-refractivity contribution in [3.63, 3.8) is 0 Å². The number of amides is 1. The van der Waals surface area contributed by atoms with Crippen molar-refractivity contribution >= 4 is 31.4 Å². The van der Waals surface area contributed by atoms with Gasteiger partial charge < -0.3 is 0 Å².